The third kappa shape index (κ3) is 4.50. The van der Waals surface area contributed by atoms with Crippen LogP contribution in [0.1, 0.15) is 30.0 Å². The van der Waals surface area contributed by atoms with Gasteiger partial charge in [0.05, 0.1) is 17.4 Å². The van der Waals surface area contributed by atoms with Gasteiger partial charge in [-0.2, -0.15) is 5.26 Å². The lowest BCUT2D eigenvalue weighted by Gasteiger charge is -2.38. The molecule has 1 unspecified atom stereocenters. The van der Waals surface area contributed by atoms with Gasteiger partial charge in [-0.3, -0.25) is 0 Å². The molecule has 0 saturated carbocycles. The highest BCUT2D eigenvalue weighted by Gasteiger charge is 2.39. The van der Waals surface area contributed by atoms with Gasteiger partial charge < -0.3 is 14.8 Å². The maximum absolute atomic E-state index is 9.69. The average molecular weight is 525 g/mol. The molecule has 2 aromatic heterocycles. The number of hydrogen-bond acceptors (Lipinski definition) is 5. The molecular formula is C34H32N6. The Kier molecular flexibility index (Phi) is 7.03. The van der Waals surface area contributed by atoms with Crippen LogP contribution in [0.15, 0.2) is 122 Å². The predicted octanol–water partition coefficient (Wildman–Crippen LogP) is 6.43. The van der Waals surface area contributed by atoms with Gasteiger partial charge in [-0.25, -0.2) is 9.97 Å². The van der Waals surface area contributed by atoms with Crippen LogP contribution in [0.4, 0.5) is 5.82 Å². The van der Waals surface area contributed by atoms with E-state index in [1.54, 1.807) is 6.33 Å². The standard InChI is InChI=1S/C34H32N6/c1-2-19-39-23-26(22-35)21-30(24-39)38-32-31-18-20-40(33(31)37-25-36-32)34(27-12-6-3-7-13-27,28-14-8-4-9-15-28)29-16-10-5-11-17-29/h2-20,25-26,30H,21,23-24H2,1H3,(H,36,37,38)/t26?,30-/m1/s1. The number of nitriles is 1. The normalized spacial score (nSPS) is 17.6. The number of allylic oxidation sites excluding steroid dienone is 1. The summed E-state index contributed by atoms with van der Waals surface area (Å²) in [6.07, 6.45) is 8.64. The van der Waals surface area contributed by atoms with Crippen LogP contribution in [0.3, 0.4) is 0 Å². The van der Waals surface area contributed by atoms with Crippen molar-refractivity contribution in [2.75, 3.05) is 18.4 Å². The second-order valence-corrected chi connectivity index (χ2v) is 10.3. The number of piperidine rings is 1. The summed E-state index contributed by atoms with van der Waals surface area (Å²) in [6.45, 7) is 3.58. The molecule has 40 heavy (non-hydrogen) atoms. The summed E-state index contributed by atoms with van der Waals surface area (Å²) in [6, 6.07) is 36.5. The Labute approximate surface area is 235 Å². The lowest BCUT2D eigenvalue weighted by molar-refractivity contribution is 0.252. The van der Waals surface area contributed by atoms with Crippen LogP contribution >= 0.6 is 0 Å². The monoisotopic (exact) mass is 524 g/mol. The molecule has 1 aliphatic rings. The number of hydrogen-bond donors (Lipinski definition) is 1. The fourth-order valence-electron chi connectivity index (χ4n) is 6.15. The van der Waals surface area contributed by atoms with Crippen molar-refractivity contribution in [2.45, 2.75) is 24.9 Å². The summed E-state index contributed by atoms with van der Waals surface area (Å²) < 4.78 is 2.28. The molecule has 1 aliphatic heterocycles. The second kappa shape index (κ2) is 11.1. The van der Waals surface area contributed by atoms with Gasteiger partial charge in [0.25, 0.3) is 0 Å². The van der Waals surface area contributed by atoms with Crippen molar-refractivity contribution >= 4 is 16.9 Å². The van der Waals surface area contributed by atoms with Gasteiger partial charge in [-0.15, -0.1) is 0 Å². The quantitative estimate of drug-likeness (QED) is 0.249. The zero-order valence-corrected chi connectivity index (χ0v) is 22.6. The summed E-state index contributed by atoms with van der Waals surface area (Å²) in [5.74, 6) is 0.752. The first-order chi connectivity index (χ1) is 19.7. The third-order valence-corrected chi connectivity index (χ3v) is 7.78. The average Bonchev–Trinajstić information content (AvgIpc) is 3.45. The highest BCUT2D eigenvalue weighted by atomic mass is 15.2. The molecule has 0 aliphatic carbocycles. The van der Waals surface area contributed by atoms with E-state index >= 15 is 0 Å². The second-order valence-electron chi connectivity index (χ2n) is 10.3. The molecular weight excluding hydrogens is 492 g/mol. The largest absolute Gasteiger partial charge is 0.374 e. The number of nitrogens with one attached hydrogen (secondary N) is 1. The number of fused-ring (bicyclic) bond motifs is 1. The smallest absolute Gasteiger partial charge is 0.146 e. The van der Waals surface area contributed by atoms with Gasteiger partial charge in [0, 0.05) is 25.3 Å². The van der Waals surface area contributed by atoms with Crippen LogP contribution in [0.25, 0.3) is 11.0 Å². The predicted molar refractivity (Wildman–Crippen MR) is 160 cm³/mol. The summed E-state index contributed by atoms with van der Waals surface area (Å²) in [5, 5.41) is 14.3. The van der Waals surface area contributed by atoms with Crippen molar-refractivity contribution < 1.29 is 0 Å². The number of likely N-dealkylation sites (tertiary alicyclic amines) is 1. The van der Waals surface area contributed by atoms with Crippen LogP contribution < -0.4 is 5.32 Å². The van der Waals surface area contributed by atoms with E-state index < -0.39 is 5.54 Å². The van der Waals surface area contributed by atoms with Crippen molar-refractivity contribution in [3.63, 3.8) is 0 Å². The molecule has 6 heteroatoms. The zero-order chi connectivity index (χ0) is 27.4. The van der Waals surface area contributed by atoms with E-state index in [4.69, 9.17) is 4.98 Å². The number of anilines is 1. The van der Waals surface area contributed by atoms with Crippen LogP contribution in [0.2, 0.25) is 0 Å². The molecule has 5 aromatic rings. The van der Waals surface area contributed by atoms with Gasteiger partial charge in [-0.1, -0.05) is 97.1 Å². The molecule has 6 rings (SSSR count). The fourth-order valence-corrected chi connectivity index (χ4v) is 6.15. The Bertz CT molecular complexity index is 1540. The molecule has 3 heterocycles. The lowest BCUT2D eigenvalue weighted by Crippen LogP contribution is -2.43. The molecule has 1 fully saturated rings. The van der Waals surface area contributed by atoms with Crippen LogP contribution in [0, 0.1) is 17.2 Å². The van der Waals surface area contributed by atoms with Gasteiger partial charge >= 0.3 is 0 Å². The molecule has 0 amide bonds. The Hall–Kier alpha value is -4.89. The van der Waals surface area contributed by atoms with Crippen LogP contribution in [-0.4, -0.2) is 38.6 Å². The van der Waals surface area contributed by atoms with E-state index in [-0.39, 0.29) is 12.0 Å². The molecule has 198 valence electrons. The maximum Gasteiger partial charge on any atom is 0.146 e. The molecule has 0 bridgehead atoms. The van der Waals surface area contributed by atoms with Crippen molar-refractivity contribution in [3.8, 4) is 6.07 Å². The van der Waals surface area contributed by atoms with Gasteiger partial charge in [0.1, 0.15) is 23.3 Å². The highest BCUT2D eigenvalue weighted by molar-refractivity contribution is 5.88. The number of nitrogens with zero attached hydrogens (tertiary/aromatic N) is 5. The Morgan fingerprint density at radius 2 is 1.45 bits per heavy atom. The minimum atomic E-state index is -0.656. The van der Waals surface area contributed by atoms with Crippen LogP contribution in [-0.2, 0) is 5.54 Å². The number of rotatable bonds is 7. The molecule has 6 nitrogen and oxygen atoms in total. The third-order valence-electron chi connectivity index (χ3n) is 7.78. The SMILES string of the molecule is CC=CN1CC(C#N)C[C@@H](Nc2ncnc3c2ccn3C(c2ccccc2)(c2ccccc2)c2ccccc2)C1. The van der Waals surface area contributed by atoms with E-state index in [9.17, 15) is 5.26 Å². The van der Waals surface area contributed by atoms with Gasteiger partial charge in [0.2, 0.25) is 0 Å². The van der Waals surface area contributed by atoms with Gasteiger partial charge in [0.15, 0.2) is 0 Å². The molecule has 2 atom stereocenters. The van der Waals surface area contributed by atoms with E-state index in [0.29, 0.717) is 0 Å². The first kappa shape index (κ1) is 25.4. The Balaban J connectivity index is 1.52. The first-order valence-corrected chi connectivity index (χ1v) is 13.8. The van der Waals surface area contributed by atoms with Crippen molar-refractivity contribution in [1.29, 1.82) is 5.26 Å². The Morgan fingerprint density at radius 3 is 2.00 bits per heavy atom. The van der Waals surface area contributed by atoms with Gasteiger partial charge in [-0.05, 0) is 42.3 Å². The van der Waals surface area contributed by atoms with E-state index in [0.717, 1.165) is 53.1 Å². The minimum absolute atomic E-state index is 0.0359. The summed E-state index contributed by atoms with van der Waals surface area (Å²) in [7, 11) is 0. The lowest BCUT2D eigenvalue weighted by atomic mass is 9.76. The van der Waals surface area contributed by atoms with Crippen molar-refractivity contribution in [3.05, 3.63) is 139 Å². The molecule has 1 N–H and O–H groups in total. The Morgan fingerprint density at radius 1 is 0.850 bits per heavy atom. The highest BCUT2D eigenvalue weighted by Crippen LogP contribution is 2.43. The molecule has 0 spiro atoms. The van der Waals surface area contributed by atoms with E-state index in [1.807, 2.05) is 13.0 Å². The maximum atomic E-state index is 9.69. The number of benzene rings is 3. The van der Waals surface area contributed by atoms with Crippen LogP contribution in [0.5, 0.6) is 0 Å². The van der Waals surface area contributed by atoms with E-state index in [1.165, 1.54) is 0 Å². The summed E-state index contributed by atoms with van der Waals surface area (Å²) >= 11 is 0. The van der Waals surface area contributed by atoms with E-state index in [2.05, 4.69) is 135 Å². The summed E-state index contributed by atoms with van der Waals surface area (Å²) in [5.41, 5.74) is 3.61. The molecule has 3 aromatic carbocycles. The topological polar surface area (TPSA) is 69.8 Å². The fraction of sp³-hybridized carbons (Fsp3) is 0.206. The summed E-state index contributed by atoms with van der Waals surface area (Å²) in [4.78, 5) is 11.7. The molecule has 0 radical (unpaired) electrons. The number of aromatic nitrogens is 3. The minimum Gasteiger partial charge on any atom is -0.374 e. The zero-order valence-electron chi connectivity index (χ0n) is 22.6. The van der Waals surface area contributed by atoms with Crippen molar-refractivity contribution in [2.24, 2.45) is 5.92 Å². The first-order valence-electron chi connectivity index (χ1n) is 13.8. The molecule has 1 saturated heterocycles. The van der Waals surface area contributed by atoms with Crippen molar-refractivity contribution in [1.82, 2.24) is 19.4 Å².